The molecule has 0 aliphatic rings. The van der Waals surface area contributed by atoms with E-state index in [4.69, 9.17) is 11.6 Å². The second kappa shape index (κ2) is 8.58. The number of nitrogens with one attached hydrogen (secondary N) is 3. The summed E-state index contributed by atoms with van der Waals surface area (Å²) in [6.45, 7) is 4.08. The number of halogens is 1. The Morgan fingerprint density at radius 1 is 1.04 bits per heavy atom. The molecular formula is C20H20ClN5O2. The van der Waals surface area contributed by atoms with Crippen molar-refractivity contribution in [2.24, 2.45) is 0 Å². The number of anilines is 2. The molecule has 8 heteroatoms. The third kappa shape index (κ3) is 4.32. The van der Waals surface area contributed by atoms with Gasteiger partial charge in [0.2, 0.25) is 0 Å². The van der Waals surface area contributed by atoms with Crippen LogP contribution in [0.5, 0.6) is 0 Å². The first-order valence-corrected chi connectivity index (χ1v) is 9.14. The van der Waals surface area contributed by atoms with Gasteiger partial charge in [-0.15, -0.1) is 0 Å². The molecule has 3 amide bonds. The minimum absolute atomic E-state index is 0.234. The molecule has 0 saturated heterocycles. The molecule has 144 valence electrons. The Balaban J connectivity index is 1.81. The minimum atomic E-state index is -0.375. The summed E-state index contributed by atoms with van der Waals surface area (Å²) in [5, 5.41) is 12.8. The topological polar surface area (TPSA) is 88.1 Å². The van der Waals surface area contributed by atoms with Crippen molar-refractivity contribution in [3.8, 4) is 5.69 Å². The van der Waals surface area contributed by atoms with Crippen molar-refractivity contribution in [1.82, 2.24) is 15.1 Å². The largest absolute Gasteiger partial charge is 0.338 e. The number of aromatic nitrogens is 2. The quantitative estimate of drug-likeness (QED) is 0.602. The molecule has 3 rings (SSSR count). The van der Waals surface area contributed by atoms with Crippen LogP contribution in [0.25, 0.3) is 5.69 Å². The van der Waals surface area contributed by atoms with Crippen LogP contribution in [0.1, 0.15) is 23.0 Å². The zero-order valence-electron chi connectivity index (χ0n) is 15.5. The van der Waals surface area contributed by atoms with Gasteiger partial charge in [-0.25, -0.2) is 9.48 Å². The van der Waals surface area contributed by atoms with Gasteiger partial charge in [0.15, 0.2) is 0 Å². The van der Waals surface area contributed by atoms with E-state index in [1.807, 2.05) is 37.3 Å². The van der Waals surface area contributed by atoms with Crippen LogP contribution in [0.4, 0.5) is 16.2 Å². The Labute approximate surface area is 167 Å². The highest BCUT2D eigenvalue weighted by Gasteiger charge is 2.21. The fourth-order valence-corrected chi connectivity index (χ4v) is 3.06. The molecule has 1 heterocycles. The SMILES string of the molecule is CCNC(=O)Nc1cccc(NC(=O)c2c(C)nn(-c3ccccc3)c2Cl)c1. The normalized spacial score (nSPS) is 10.4. The predicted octanol–water partition coefficient (Wildman–Crippen LogP) is 4.23. The van der Waals surface area contributed by atoms with Gasteiger partial charge in [0.25, 0.3) is 5.91 Å². The number of hydrogen-bond donors (Lipinski definition) is 3. The smallest absolute Gasteiger partial charge is 0.319 e. The molecule has 0 aliphatic heterocycles. The Kier molecular flexibility index (Phi) is 5.96. The summed E-state index contributed by atoms with van der Waals surface area (Å²) in [4.78, 5) is 24.4. The van der Waals surface area contributed by atoms with E-state index >= 15 is 0 Å². The summed E-state index contributed by atoms with van der Waals surface area (Å²) in [6, 6.07) is 15.9. The molecule has 1 aromatic heterocycles. The summed E-state index contributed by atoms with van der Waals surface area (Å²) >= 11 is 6.43. The molecule has 0 radical (unpaired) electrons. The molecule has 0 fully saturated rings. The van der Waals surface area contributed by atoms with Crippen LogP contribution < -0.4 is 16.0 Å². The number of urea groups is 1. The second-order valence-corrected chi connectivity index (χ2v) is 6.38. The number of para-hydroxylation sites is 1. The summed E-state index contributed by atoms with van der Waals surface area (Å²) in [5.41, 5.74) is 2.67. The van der Waals surface area contributed by atoms with Crippen molar-refractivity contribution in [3.63, 3.8) is 0 Å². The number of hydrogen-bond acceptors (Lipinski definition) is 3. The zero-order valence-corrected chi connectivity index (χ0v) is 16.2. The van der Waals surface area contributed by atoms with Gasteiger partial charge in [0.1, 0.15) is 10.7 Å². The lowest BCUT2D eigenvalue weighted by Crippen LogP contribution is -2.28. The second-order valence-electron chi connectivity index (χ2n) is 6.02. The number of nitrogens with zero attached hydrogens (tertiary/aromatic N) is 2. The third-order valence-electron chi connectivity index (χ3n) is 3.95. The van der Waals surface area contributed by atoms with E-state index in [2.05, 4.69) is 21.0 Å². The van der Waals surface area contributed by atoms with Crippen LogP contribution >= 0.6 is 11.6 Å². The van der Waals surface area contributed by atoms with E-state index < -0.39 is 0 Å². The molecule has 0 atom stereocenters. The number of aryl methyl sites for hydroxylation is 1. The molecule has 0 unspecified atom stereocenters. The van der Waals surface area contributed by atoms with Crippen LogP contribution in [0.3, 0.4) is 0 Å². The maximum atomic E-state index is 12.8. The van der Waals surface area contributed by atoms with Gasteiger partial charge in [0, 0.05) is 17.9 Å². The summed E-state index contributed by atoms with van der Waals surface area (Å²) in [6.07, 6.45) is 0. The van der Waals surface area contributed by atoms with Crippen LogP contribution in [0, 0.1) is 6.92 Å². The van der Waals surface area contributed by atoms with Crippen molar-refractivity contribution >= 4 is 34.9 Å². The third-order valence-corrected chi connectivity index (χ3v) is 4.30. The van der Waals surface area contributed by atoms with Gasteiger partial charge in [0.05, 0.1) is 11.4 Å². The van der Waals surface area contributed by atoms with Crippen molar-refractivity contribution in [1.29, 1.82) is 0 Å². The van der Waals surface area contributed by atoms with E-state index in [1.54, 1.807) is 31.2 Å². The Morgan fingerprint density at radius 3 is 2.39 bits per heavy atom. The number of carbonyl (C=O) groups is 2. The molecule has 7 nitrogen and oxygen atoms in total. The molecule has 3 N–H and O–H groups in total. The summed E-state index contributed by atoms with van der Waals surface area (Å²) in [7, 11) is 0. The average Bonchev–Trinajstić information content (AvgIpc) is 2.97. The molecule has 28 heavy (non-hydrogen) atoms. The van der Waals surface area contributed by atoms with E-state index in [0.717, 1.165) is 5.69 Å². The highest BCUT2D eigenvalue weighted by atomic mass is 35.5. The lowest BCUT2D eigenvalue weighted by atomic mass is 10.2. The van der Waals surface area contributed by atoms with Crippen molar-refractivity contribution in [3.05, 3.63) is 71.0 Å². The summed E-state index contributed by atoms with van der Waals surface area (Å²) < 4.78 is 1.53. The van der Waals surface area contributed by atoms with E-state index in [-0.39, 0.29) is 17.1 Å². The summed E-state index contributed by atoms with van der Waals surface area (Å²) in [5.74, 6) is -0.375. The van der Waals surface area contributed by atoms with Gasteiger partial charge in [-0.1, -0.05) is 35.9 Å². The monoisotopic (exact) mass is 397 g/mol. The average molecular weight is 398 g/mol. The van der Waals surface area contributed by atoms with Gasteiger partial charge in [-0.2, -0.15) is 5.10 Å². The molecule has 0 bridgehead atoms. The number of rotatable bonds is 5. The first kappa shape index (κ1) is 19.4. The predicted molar refractivity (Wildman–Crippen MR) is 110 cm³/mol. The fourth-order valence-electron chi connectivity index (χ4n) is 2.70. The molecule has 0 saturated carbocycles. The molecule has 0 aliphatic carbocycles. The van der Waals surface area contributed by atoms with Crippen molar-refractivity contribution < 1.29 is 9.59 Å². The Hall–Kier alpha value is -3.32. The lowest BCUT2D eigenvalue weighted by Gasteiger charge is -2.09. The minimum Gasteiger partial charge on any atom is -0.338 e. The number of amides is 3. The van der Waals surface area contributed by atoms with E-state index in [1.165, 1.54) is 4.68 Å². The van der Waals surface area contributed by atoms with Crippen molar-refractivity contribution in [2.45, 2.75) is 13.8 Å². The molecule has 0 spiro atoms. The number of carbonyl (C=O) groups excluding carboxylic acids is 2. The van der Waals surface area contributed by atoms with Crippen LogP contribution in [0.2, 0.25) is 5.15 Å². The van der Waals surface area contributed by atoms with Crippen LogP contribution in [-0.4, -0.2) is 28.3 Å². The molecule has 3 aromatic rings. The number of benzene rings is 2. The van der Waals surface area contributed by atoms with Gasteiger partial charge >= 0.3 is 6.03 Å². The fraction of sp³-hybridized carbons (Fsp3) is 0.150. The molecular weight excluding hydrogens is 378 g/mol. The van der Waals surface area contributed by atoms with Crippen LogP contribution in [0.15, 0.2) is 54.6 Å². The maximum Gasteiger partial charge on any atom is 0.319 e. The van der Waals surface area contributed by atoms with Gasteiger partial charge in [-0.05, 0) is 44.2 Å². The zero-order chi connectivity index (χ0) is 20.1. The molecule has 2 aromatic carbocycles. The highest BCUT2D eigenvalue weighted by molar-refractivity contribution is 6.34. The van der Waals surface area contributed by atoms with Gasteiger partial charge in [-0.3, -0.25) is 4.79 Å². The van der Waals surface area contributed by atoms with E-state index in [9.17, 15) is 9.59 Å². The van der Waals surface area contributed by atoms with E-state index in [0.29, 0.717) is 29.2 Å². The highest BCUT2D eigenvalue weighted by Crippen LogP contribution is 2.25. The Morgan fingerprint density at radius 2 is 1.71 bits per heavy atom. The standard InChI is InChI=1S/C20H20ClN5O2/c1-3-22-20(28)24-15-9-7-8-14(12-15)23-19(27)17-13(2)25-26(18(17)21)16-10-5-4-6-11-16/h4-12H,3H2,1-2H3,(H,23,27)(H2,22,24,28). The lowest BCUT2D eigenvalue weighted by molar-refractivity contribution is 0.102. The first-order chi connectivity index (χ1) is 13.5. The van der Waals surface area contributed by atoms with Crippen molar-refractivity contribution in [2.75, 3.05) is 17.2 Å². The van der Waals surface area contributed by atoms with Gasteiger partial charge < -0.3 is 16.0 Å². The Bertz CT molecular complexity index is 1000. The van der Waals surface area contributed by atoms with Crippen LogP contribution in [-0.2, 0) is 0 Å². The first-order valence-electron chi connectivity index (χ1n) is 8.76. The maximum absolute atomic E-state index is 12.8.